The van der Waals surface area contributed by atoms with Gasteiger partial charge in [-0.05, 0) is 50.4 Å². The highest BCUT2D eigenvalue weighted by Crippen LogP contribution is 2.21. The molecule has 0 aromatic heterocycles. The molecule has 0 amide bonds. The predicted molar refractivity (Wildman–Crippen MR) is 92.7 cm³/mol. The maximum atomic E-state index is 10.3. The van der Waals surface area contributed by atoms with Crippen LogP contribution in [0.4, 0.5) is 0 Å². The zero-order chi connectivity index (χ0) is 16.7. The van der Waals surface area contributed by atoms with Gasteiger partial charge in [-0.15, -0.1) is 0 Å². The molecule has 23 heavy (non-hydrogen) atoms. The van der Waals surface area contributed by atoms with Crippen LogP contribution in [0, 0.1) is 0 Å². The number of halogens is 1. The molecule has 0 saturated carbocycles. The Hall–Kier alpha value is -0.650. The van der Waals surface area contributed by atoms with Gasteiger partial charge >= 0.3 is 0 Å². The minimum atomic E-state index is -0.510. The Balaban J connectivity index is 1.77. The van der Waals surface area contributed by atoms with Crippen molar-refractivity contribution in [1.82, 2.24) is 4.90 Å². The topological polar surface area (TPSA) is 52.9 Å². The number of hydrogen-bond donors (Lipinski definition) is 2. The fraction of sp³-hybridized carbons (Fsp3) is 0.667. The quantitative estimate of drug-likeness (QED) is 0.763. The van der Waals surface area contributed by atoms with E-state index >= 15 is 0 Å². The lowest BCUT2D eigenvalue weighted by atomic mass is 9.99. The number of benzene rings is 1. The second-order valence-corrected chi connectivity index (χ2v) is 6.77. The lowest BCUT2D eigenvalue weighted by molar-refractivity contribution is -0.0263. The second-order valence-electron chi connectivity index (χ2n) is 6.34. The highest BCUT2D eigenvalue weighted by molar-refractivity contribution is 6.30. The van der Waals surface area contributed by atoms with Crippen LogP contribution < -0.4 is 0 Å². The Morgan fingerprint density at radius 2 is 2.04 bits per heavy atom. The van der Waals surface area contributed by atoms with Gasteiger partial charge in [0.1, 0.15) is 0 Å². The summed E-state index contributed by atoms with van der Waals surface area (Å²) in [5.41, 5.74) is 1.05. The Labute approximate surface area is 144 Å². The van der Waals surface area contributed by atoms with Gasteiger partial charge in [-0.1, -0.05) is 30.2 Å². The predicted octanol–water partition coefficient (Wildman–Crippen LogP) is 3.02. The molecule has 0 spiro atoms. The van der Waals surface area contributed by atoms with Crippen LogP contribution in [0.1, 0.15) is 44.3 Å². The molecular formula is C18H28ClNO3. The lowest BCUT2D eigenvalue weighted by Crippen LogP contribution is -2.45. The molecule has 0 bridgehead atoms. The summed E-state index contributed by atoms with van der Waals surface area (Å²) >= 11 is 5.89. The molecule has 0 radical (unpaired) electrons. The highest BCUT2D eigenvalue weighted by Gasteiger charge is 2.24. The minimum Gasteiger partial charge on any atom is -0.396 e. The average Bonchev–Trinajstić information content (AvgIpc) is 2.55. The van der Waals surface area contributed by atoms with Crippen LogP contribution >= 0.6 is 11.6 Å². The summed E-state index contributed by atoms with van der Waals surface area (Å²) in [5, 5.41) is 20.2. The highest BCUT2D eigenvalue weighted by atomic mass is 35.5. The monoisotopic (exact) mass is 341 g/mol. The molecule has 5 heteroatoms. The maximum absolute atomic E-state index is 10.3. The number of nitrogens with zero attached hydrogens (tertiary/aromatic N) is 1. The van der Waals surface area contributed by atoms with E-state index in [0.29, 0.717) is 24.2 Å². The summed E-state index contributed by atoms with van der Waals surface area (Å²) in [6.07, 6.45) is 3.68. The Bertz CT molecular complexity index is 452. The van der Waals surface area contributed by atoms with E-state index < -0.39 is 6.10 Å². The minimum absolute atomic E-state index is 0.0727. The maximum Gasteiger partial charge on any atom is 0.0900 e. The van der Waals surface area contributed by atoms with Crippen LogP contribution in [0.2, 0.25) is 5.02 Å². The van der Waals surface area contributed by atoms with Crippen molar-refractivity contribution >= 4 is 11.6 Å². The van der Waals surface area contributed by atoms with Crippen molar-refractivity contribution in [3.05, 3.63) is 34.9 Å². The first-order chi connectivity index (χ1) is 11.1. The molecular weight excluding hydrogens is 314 g/mol. The fourth-order valence-electron chi connectivity index (χ4n) is 3.19. The van der Waals surface area contributed by atoms with Crippen LogP contribution in [0.3, 0.4) is 0 Å². The Morgan fingerprint density at radius 3 is 2.74 bits per heavy atom. The molecule has 0 aliphatic carbocycles. The van der Waals surface area contributed by atoms with Gasteiger partial charge in [-0.2, -0.15) is 0 Å². The summed E-state index contributed by atoms with van der Waals surface area (Å²) in [4.78, 5) is 2.29. The molecule has 1 heterocycles. The molecule has 2 rings (SSSR count). The van der Waals surface area contributed by atoms with Crippen LogP contribution in [0.15, 0.2) is 24.3 Å². The van der Waals surface area contributed by atoms with Gasteiger partial charge in [0.15, 0.2) is 0 Å². The normalized spacial score (nSPS) is 22.0. The van der Waals surface area contributed by atoms with Gasteiger partial charge in [0.25, 0.3) is 0 Å². The number of piperidine rings is 1. The molecule has 1 aromatic carbocycles. The third-order valence-electron chi connectivity index (χ3n) is 4.53. The number of rotatable bonds is 8. The standard InChI is InChI=1S/C18H28ClNO3/c1-14(15-5-7-16(19)8-6-15)23-13-18(22)12-20-10-3-2-4-17(20)9-11-21/h5-8,14,17-18,21-22H,2-4,9-13H2,1H3/t14-,17-,18+/m0/s1. The molecule has 1 aromatic rings. The number of likely N-dealkylation sites (tertiary alicyclic amines) is 1. The van der Waals surface area contributed by atoms with Gasteiger partial charge in [-0.25, -0.2) is 0 Å². The summed E-state index contributed by atoms with van der Waals surface area (Å²) in [6, 6.07) is 7.97. The van der Waals surface area contributed by atoms with Crippen LogP contribution in [-0.4, -0.2) is 53.6 Å². The van der Waals surface area contributed by atoms with Gasteiger partial charge in [0.05, 0.1) is 18.8 Å². The Kier molecular flexibility index (Phi) is 7.80. The van der Waals surface area contributed by atoms with Crippen molar-refractivity contribution in [2.45, 2.75) is 50.9 Å². The van der Waals surface area contributed by atoms with E-state index in [2.05, 4.69) is 4.90 Å². The molecule has 1 saturated heterocycles. The third-order valence-corrected chi connectivity index (χ3v) is 4.79. The number of aliphatic hydroxyl groups excluding tert-OH is 2. The molecule has 1 aliphatic heterocycles. The Morgan fingerprint density at radius 1 is 1.30 bits per heavy atom. The van der Waals surface area contributed by atoms with Crippen LogP contribution in [0.5, 0.6) is 0 Å². The zero-order valence-electron chi connectivity index (χ0n) is 13.8. The van der Waals surface area contributed by atoms with E-state index in [4.69, 9.17) is 21.4 Å². The molecule has 4 nitrogen and oxygen atoms in total. The van der Waals surface area contributed by atoms with E-state index in [1.54, 1.807) is 0 Å². The smallest absolute Gasteiger partial charge is 0.0900 e. The average molecular weight is 342 g/mol. The van der Waals surface area contributed by atoms with E-state index in [0.717, 1.165) is 31.4 Å². The molecule has 1 aliphatic rings. The molecule has 0 unspecified atom stereocenters. The number of hydrogen-bond acceptors (Lipinski definition) is 4. The van der Waals surface area contributed by atoms with Crippen molar-refractivity contribution in [3.8, 4) is 0 Å². The van der Waals surface area contributed by atoms with Crippen molar-refractivity contribution in [2.75, 3.05) is 26.3 Å². The van der Waals surface area contributed by atoms with Gasteiger partial charge in [0, 0.05) is 24.2 Å². The fourth-order valence-corrected chi connectivity index (χ4v) is 3.31. The van der Waals surface area contributed by atoms with E-state index in [-0.39, 0.29) is 12.7 Å². The number of ether oxygens (including phenoxy) is 1. The largest absolute Gasteiger partial charge is 0.396 e. The molecule has 2 N–H and O–H groups in total. The van der Waals surface area contributed by atoms with Crippen molar-refractivity contribution in [1.29, 1.82) is 0 Å². The third kappa shape index (κ3) is 6.05. The van der Waals surface area contributed by atoms with Crippen molar-refractivity contribution in [2.24, 2.45) is 0 Å². The van der Waals surface area contributed by atoms with Crippen molar-refractivity contribution < 1.29 is 14.9 Å². The second kappa shape index (κ2) is 9.60. The first-order valence-corrected chi connectivity index (χ1v) is 8.88. The molecule has 130 valence electrons. The summed E-state index contributed by atoms with van der Waals surface area (Å²) in [7, 11) is 0. The first kappa shape index (κ1) is 18.7. The number of β-amino-alcohol motifs (C(OH)–C–C–N with tert-alkyl or cyclic N) is 1. The molecule has 1 fully saturated rings. The zero-order valence-corrected chi connectivity index (χ0v) is 14.6. The van der Waals surface area contributed by atoms with E-state index in [1.165, 1.54) is 6.42 Å². The van der Waals surface area contributed by atoms with Crippen LogP contribution in [-0.2, 0) is 4.74 Å². The summed E-state index contributed by atoms with van der Waals surface area (Å²) in [6.45, 7) is 4.10. The summed E-state index contributed by atoms with van der Waals surface area (Å²) in [5.74, 6) is 0. The van der Waals surface area contributed by atoms with Gasteiger partial charge in [0.2, 0.25) is 0 Å². The van der Waals surface area contributed by atoms with E-state index in [1.807, 2.05) is 31.2 Å². The van der Waals surface area contributed by atoms with Gasteiger partial charge in [-0.3, -0.25) is 4.90 Å². The van der Waals surface area contributed by atoms with Crippen LogP contribution in [0.25, 0.3) is 0 Å². The number of aliphatic hydroxyl groups is 2. The lowest BCUT2D eigenvalue weighted by Gasteiger charge is -2.36. The molecule has 3 atom stereocenters. The van der Waals surface area contributed by atoms with Crippen molar-refractivity contribution in [3.63, 3.8) is 0 Å². The summed E-state index contributed by atoms with van der Waals surface area (Å²) < 4.78 is 5.80. The van der Waals surface area contributed by atoms with E-state index in [9.17, 15) is 5.11 Å². The first-order valence-electron chi connectivity index (χ1n) is 8.50. The SMILES string of the molecule is C[C@H](OC[C@H](O)CN1CCCC[C@H]1CCO)c1ccc(Cl)cc1. The van der Waals surface area contributed by atoms with Gasteiger partial charge < -0.3 is 14.9 Å².